The van der Waals surface area contributed by atoms with Gasteiger partial charge in [-0.25, -0.2) is 13.1 Å². The van der Waals surface area contributed by atoms with Crippen LogP contribution in [-0.2, 0) is 24.3 Å². The molecule has 0 spiro atoms. The predicted molar refractivity (Wildman–Crippen MR) is 106 cm³/mol. The van der Waals surface area contributed by atoms with Gasteiger partial charge >= 0.3 is 5.97 Å². The van der Waals surface area contributed by atoms with Crippen molar-refractivity contribution in [2.24, 2.45) is 0 Å². The van der Waals surface area contributed by atoms with E-state index in [-0.39, 0.29) is 17.9 Å². The first kappa shape index (κ1) is 21.6. The van der Waals surface area contributed by atoms with E-state index in [2.05, 4.69) is 10.0 Å². The maximum atomic E-state index is 12.2. The van der Waals surface area contributed by atoms with Crippen molar-refractivity contribution >= 4 is 27.6 Å². The van der Waals surface area contributed by atoms with Crippen LogP contribution in [0, 0.1) is 0 Å². The summed E-state index contributed by atoms with van der Waals surface area (Å²) in [6.07, 6.45) is -0.179. The van der Waals surface area contributed by atoms with E-state index in [1.165, 1.54) is 12.1 Å². The van der Waals surface area contributed by atoms with Crippen molar-refractivity contribution in [2.45, 2.75) is 31.1 Å². The molecule has 0 heterocycles. The predicted octanol–water partition coefficient (Wildman–Crippen LogP) is 2.66. The minimum absolute atomic E-state index is 0.118. The van der Waals surface area contributed by atoms with Crippen LogP contribution in [0.4, 0.5) is 5.69 Å². The van der Waals surface area contributed by atoms with E-state index < -0.39 is 28.5 Å². The van der Waals surface area contributed by atoms with E-state index in [9.17, 15) is 18.0 Å². The Kier molecular flexibility index (Phi) is 7.71. The number of anilines is 1. The molecule has 150 valence electrons. The SMILES string of the molecule is CC(C)c1ccc(S(=O)(=O)NCCC(=O)OCC(=O)Nc2ccccc2)cc1. The quantitative estimate of drug-likeness (QED) is 0.626. The lowest BCUT2D eigenvalue weighted by Crippen LogP contribution is -2.28. The van der Waals surface area contributed by atoms with Gasteiger partial charge in [0.05, 0.1) is 11.3 Å². The first-order valence-electron chi connectivity index (χ1n) is 8.88. The molecule has 1 amide bonds. The van der Waals surface area contributed by atoms with Crippen molar-refractivity contribution in [1.82, 2.24) is 4.72 Å². The summed E-state index contributed by atoms with van der Waals surface area (Å²) in [5, 5.41) is 2.58. The number of amides is 1. The molecule has 2 N–H and O–H groups in total. The highest BCUT2D eigenvalue weighted by Gasteiger charge is 2.15. The Morgan fingerprint density at radius 1 is 1.00 bits per heavy atom. The number of sulfonamides is 1. The van der Waals surface area contributed by atoms with Gasteiger partial charge in [-0.3, -0.25) is 9.59 Å². The molecule has 28 heavy (non-hydrogen) atoms. The summed E-state index contributed by atoms with van der Waals surface area (Å²) in [5.41, 5.74) is 1.64. The molecule has 2 rings (SSSR count). The Bertz CT molecular complexity index is 894. The summed E-state index contributed by atoms with van der Waals surface area (Å²) in [7, 11) is -3.71. The second-order valence-corrected chi connectivity index (χ2v) is 8.21. The largest absolute Gasteiger partial charge is 0.456 e. The van der Waals surface area contributed by atoms with Gasteiger partial charge in [-0.05, 0) is 35.7 Å². The third-order valence-electron chi connectivity index (χ3n) is 3.90. The van der Waals surface area contributed by atoms with Crippen LogP contribution in [0.1, 0.15) is 31.7 Å². The van der Waals surface area contributed by atoms with Gasteiger partial charge in [0.1, 0.15) is 0 Å². The lowest BCUT2D eigenvalue weighted by molar-refractivity contribution is -0.147. The van der Waals surface area contributed by atoms with Crippen molar-refractivity contribution in [2.75, 3.05) is 18.5 Å². The topological polar surface area (TPSA) is 102 Å². The fourth-order valence-corrected chi connectivity index (χ4v) is 3.37. The minimum atomic E-state index is -3.71. The number of rotatable bonds is 9. The van der Waals surface area contributed by atoms with Crippen molar-refractivity contribution in [1.29, 1.82) is 0 Å². The molecule has 0 fully saturated rings. The monoisotopic (exact) mass is 404 g/mol. The zero-order valence-corrected chi connectivity index (χ0v) is 16.7. The molecule has 2 aromatic rings. The Labute approximate surface area is 165 Å². The lowest BCUT2D eigenvalue weighted by Gasteiger charge is -2.09. The van der Waals surface area contributed by atoms with E-state index in [1.54, 1.807) is 36.4 Å². The van der Waals surface area contributed by atoms with Crippen molar-refractivity contribution in [3.63, 3.8) is 0 Å². The molecular formula is C20H24N2O5S. The maximum Gasteiger partial charge on any atom is 0.307 e. The molecule has 0 bridgehead atoms. The Balaban J connectivity index is 1.74. The summed E-state index contributed by atoms with van der Waals surface area (Å²) >= 11 is 0. The van der Waals surface area contributed by atoms with Crippen LogP contribution in [0.5, 0.6) is 0 Å². The number of carbonyl (C=O) groups excluding carboxylic acids is 2. The van der Waals surface area contributed by atoms with E-state index in [1.807, 2.05) is 19.9 Å². The van der Waals surface area contributed by atoms with Gasteiger partial charge in [0, 0.05) is 12.2 Å². The third kappa shape index (κ3) is 6.79. The zero-order chi connectivity index (χ0) is 20.6. The standard InChI is InChI=1S/C20H24N2O5S/c1-15(2)16-8-10-18(11-9-16)28(25,26)21-13-12-20(24)27-14-19(23)22-17-6-4-3-5-7-17/h3-11,15,21H,12-14H2,1-2H3,(H,22,23). The number of benzene rings is 2. The Morgan fingerprint density at radius 2 is 1.64 bits per heavy atom. The van der Waals surface area contributed by atoms with Crippen LogP contribution in [0.2, 0.25) is 0 Å². The van der Waals surface area contributed by atoms with Crippen LogP contribution < -0.4 is 10.0 Å². The molecule has 0 aliphatic carbocycles. The van der Waals surface area contributed by atoms with Gasteiger partial charge in [-0.2, -0.15) is 0 Å². The van der Waals surface area contributed by atoms with Crippen molar-refractivity contribution in [3.05, 3.63) is 60.2 Å². The second-order valence-electron chi connectivity index (χ2n) is 6.45. The molecule has 0 saturated carbocycles. The molecular weight excluding hydrogens is 380 g/mol. The fraction of sp³-hybridized carbons (Fsp3) is 0.300. The van der Waals surface area contributed by atoms with Gasteiger partial charge in [0.2, 0.25) is 10.0 Å². The highest BCUT2D eigenvalue weighted by Crippen LogP contribution is 2.17. The van der Waals surface area contributed by atoms with Crippen LogP contribution in [0.15, 0.2) is 59.5 Å². The smallest absolute Gasteiger partial charge is 0.307 e. The summed E-state index contributed by atoms with van der Waals surface area (Å²) in [6.45, 7) is 3.49. The van der Waals surface area contributed by atoms with Crippen molar-refractivity contribution < 1.29 is 22.7 Å². The number of hydrogen-bond acceptors (Lipinski definition) is 5. The molecule has 0 saturated heterocycles. The lowest BCUT2D eigenvalue weighted by atomic mass is 10.0. The van der Waals surface area contributed by atoms with Crippen LogP contribution in [-0.4, -0.2) is 33.4 Å². The molecule has 0 aliphatic rings. The first-order valence-corrected chi connectivity index (χ1v) is 10.4. The van der Waals surface area contributed by atoms with Crippen LogP contribution >= 0.6 is 0 Å². The summed E-state index contributed by atoms with van der Waals surface area (Å²) in [4.78, 5) is 23.5. The first-order chi connectivity index (χ1) is 13.3. The average Bonchev–Trinajstić information content (AvgIpc) is 2.67. The fourth-order valence-electron chi connectivity index (χ4n) is 2.34. The minimum Gasteiger partial charge on any atom is -0.456 e. The Morgan fingerprint density at radius 3 is 2.25 bits per heavy atom. The average molecular weight is 404 g/mol. The third-order valence-corrected chi connectivity index (χ3v) is 5.38. The highest BCUT2D eigenvalue weighted by atomic mass is 32.2. The molecule has 0 aromatic heterocycles. The van der Waals surface area contributed by atoms with Gasteiger partial charge in [-0.1, -0.05) is 44.2 Å². The van der Waals surface area contributed by atoms with Crippen LogP contribution in [0.25, 0.3) is 0 Å². The van der Waals surface area contributed by atoms with Gasteiger partial charge in [-0.15, -0.1) is 0 Å². The number of esters is 1. The number of hydrogen-bond donors (Lipinski definition) is 2. The molecule has 2 aromatic carbocycles. The second kappa shape index (κ2) is 10.0. The highest BCUT2D eigenvalue weighted by molar-refractivity contribution is 7.89. The summed E-state index contributed by atoms with van der Waals surface area (Å²) < 4.78 is 31.7. The van der Waals surface area contributed by atoms with Gasteiger partial charge in [0.15, 0.2) is 6.61 Å². The number of ether oxygens (including phenoxy) is 1. The number of nitrogens with one attached hydrogen (secondary N) is 2. The summed E-state index contributed by atoms with van der Waals surface area (Å²) in [5.74, 6) is -0.829. The normalized spacial score (nSPS) is 11.2. The van der Waals surface area contributed by atoms with E-state index >= 15 is 0 Å². The Hall–Kier alpha value is -2.71. The molecule has 0 atom stereocenters. The van der Waals surface area contributed by atoms with Crippen molar-refractivity contribution in [3.8, 4) is 0 Å². The molecule has 0 aliphatic heterocycles. The summed E-state index contributed by atoms with van der Waals surface area (Å²) in [6, 6.07) is 15.4. The van der Waals surface area contributed by atoms with E-state index in [0.717, 1.165) is 5.56 Å². The van der Waals surface area contributed by atoms with Crippen LogP contribution in [0.3, 0.4) is 0 Å². The maximum absolute atomic E-state index is 12.2. The number of carbonyl (C=O) groups is 2. The van der Waals surface area contributed by atoms with Gasteiger partial charge < -0.3 is 10.1 Å². The molecule has 7 nitrogen and oxygen atoms in total. The molecule has 8 heteroatoms. The van der Waals surface area contributed by atoms with E-state index in [0.29, 0.717) is 11.6 Å². The zero-order valence-electron chi connectivity index (χ0n) is 15.8. The van der Waals surface area contributed by atoms with Gasteiger partial charge in [0.25, 0.3) is 5.91 Å². The molecule has 0 radical (unpaired) electrons. The number of para-hydroxylation sites is 1. The molecule has 0 unspecified atom stereocenters. The van der Waals surface area contributed by atoms with E-state index in [4.69, 9.17) is 4.74 Å².